The van der Waals surface area contributed by atoms with Gasteiger partial charge in [0.25, 0.3) is 5.91 Å². The first-order chi connectivity index (χ1) is 13.6. The SMILES string of the molecule is COc1cc(C(=O)OC(C)C(=O)Nc2ccc(F)c(F)c2F)ccc1OC(C)C. The molecule has 156 valence electrons. The number of ether oxygens (including phenoxy) is 3. The first kappa shape index (κ1) is 22.1. The molecular formula is C20H20F3NO5. The molecule has 1 amide bonds. The van der Waals surface area contributed by atoms with Gasteiger partial charge in [0.15, 0.2) is 35.1 Å². The molecule has 0 radical (unpaired) electrons. The Morgan fingerprint density at radius 3 is 2.28 bits per heavy atom. The number of halogens is 3. The Labute approximate surface area is 165 Å². The predicted octanol–water partition coefficient (Wildman–Crippen LogP) is 4.08. The molecule has 0 aliphatic carbocycles. The summed E-state index contributed by atoms with van der Waals surface area (Å²) in [5, 5.41) is 2.05. The highest BCUT2D eigenvalue weighted by Gasteiger charge is 2.22. The molecule has 29 heavy (non-hydrogen) atoms. The second kappa shape index (κ2) is 9.31. The first-order valence-electron chi connectivity index (χ1n) is 8.64. The summed E-state index contributed by atoms with van der Waals surface area (Å²) in [6, 6.07) is 5.87. The standard InChI is InChI=1S/C20H20F3NO5/c1-10(2)28-15-8-5-12(9-16(15)27-4)20(26)29-11(3)19(25)24-14-7-6-13(21)17(22)18(14)23/h5-11H,1-4H3,(H,24,25). The molecule has 1 unspecified atom stereocenters. The van der Waals surface area contributed by atoms with Crippen LogP contribution in [0.2, 0.25) is 0 Å². The summed E-state index contributed by atoms with van der Waals surface area (Å²) in [5.74, 6) is -5.69. The maximum Gasteiger partial charge on any atom is 0.339 e. The number of hydrogen-bond acceptors (Lipinski definition) is 5. The summed E-state index contributed by atoms with van der Waals surface area (Å²) >= 11 is 0. The molecule has 0 aromatic heterocycles. The Balaban J connectivity index is 2.08. The van der Waals surface area contributed by atoms with Gasteiger partial charge in [0.05, 0.1) is 24.5 Å². The van der Waals surface area contributed by atoms with E-state index < -0.39 is 41.1 Å². The monoisotopic (exact) mass is 411 g/mol. The fraction of sp³-hybridized carbons (Fsp3) is 0.300. The quantitative estimate of drug-likeness (QED) is 0.549. The molecule has 0 heterocycles. The van der Waals surface area contributed by atoms with Crippen molar-refractivity contribution >= 4 is 17.6 Å². The third-order valence-electron chi connectivity index (χ3n) is 3.71. The minimum absolute atomic E-state index is 0.0941. The molecule has 2 aromatic rings. The Hall–Kier alpha value is -3.23. The molecule has 1 atom stereocenters. The Morgan fingerprint density at radius 1 is 0.966 bits per heavy atom. The van der Waals surface area contributed by atoms with Crippen LogP contribution in [0, 0.1) is 17.5 Å². The second-order valence-corrected chi connectivity index (χ2v) is 6.29. The van der Waals surface area contributed by atoms with Crippen molar-refractivity contribution < 1.29 is 37.0 Å². The molecule has 0 spiro atoms. The lowest BCUT2D eigenvalue weighted by Crippen LogP contribution is -2.30. The zero-order chi connectivity index (χ0) is 21.7. The van der Waals surface area contributed by atoms with E-state index in [0.29, 0.717) is 17.6 Å². The van der Waals surface area contributed by atoms with Gasteiger partial charge in [0.2, 0.25) is 0 Å². The summed E-state index contributed by atoms with van der Waals surface area (Å²) in [5.41, 5.74) is -0.481. The van der Waals surface area contributed by atoms with Crippen molar-refractivity contribution in [3.63, 3.8) is 0 Å². The van der Waals surface area contributed by atoms with Crippen LogP contribution in [0.1, 0.15) is 31.1 Å². The summed E-state index contributed by atoms with van der Waals surface area (Å²) in [7, 11) is 1.41. The van der Waals surface area contributed by atoms with Gasteiger partial charge < -0.3 is 19.5 Å². The fourth-order valence-electron chi connectivity index (χ4n) is 2.28. The van der Waals surface area contributed by atoms with Crippen LogP contribution in [-0.4, -0.2) is 31.2 Å². The van der Waals surface area contributed by atoms with Gasteiger partial charge in [0.1, 0.15) is 0 Å². The van der Waals surface area contributed by atoms with Gasteiger partial charge in [-0.1, -0.05) is 0 Å². The summed E-state index contributed by atoms with van der Waals surface area (Å²) < 4.78 is 55.7. The zero-order valence-electron chi connectivity index (χ0n) is 16.2. The highest BCUT2D eigenvalue weighted by molar-refractivity contribution is 5.97. The van der Waals surface area contributed by atoms with Gasteiger partial charge in [-0.25, -0.2) is 18.0 Å². The van der Waals surface area contributed by atoms with E-state index in [4.69, 9.17) is 14.2 Å². The topological polar surface area (TPSA) is 73.9 Å². The minimum atomic E-state index is -1.72. The predicted molar refractivity (Wildman–Crippen MR) is 98.6 cm³/mol. The van der Waals surface area contributed by atoms with Gasteiger partial charge in [-0.05, 0) is 51.1 Å². The third kappa shape index (κ3) is 5.40. The van der Waals surface area contributed by atoms with Crippen molar-refractivity contribution in [3.05, 3.63) is 53.3 Å². The molecule has 0 bridgehead atoms. The number of carbonyl (C=O) groups is 2. The van der Waals surface area contributed by atoms with E-state index in [1.165, 1.54) is 32.2 Å². The molecule has 1 N–H and O–H groups in total. The van der Waals surface area contributed by atoms with Crippen molar-refractivity contribution in [1.82, 2.24) is 0 Å². The smallest absolute Gasteiger partial charge is 0.339 e. The van der Waals surface area contributed by atoms with Crippen LogP contribution < -0.4 is 14.8 Å². The van der Waals surface area contributed by atoms with Crippen LogP contribution in [0.4, 0.5) is 18.9 Å². The number of benzene rings is 2. The van der Waals surface area contributed by atoms with Crippen LogP contribution in [-0.2, 0) is 9.53 Å². The summed E-state index contributed by atoms with van der Waals surface area (Å²) in [6.07, 6.45) is -1.45. The van der Waals surface area contributed by atoms with Crippen LogP contribution >= 0.6 is 0 Å². The highest BCUT2D eigenvalue weighted by Crippen LogP contribution is 2.29. The molecule has 0 fully saturated rings. The number of esters is 1. The maximum absolute atomic E-state index is 13.7. The van der Waals surface area contributed by atoms with Crippen molar-refractivity contribution in [2.75, 3.05) is 12.4 Å². The number of carbonyl (C=O) groups excluding carboxylic acids is 2. The lowest BCUT2D eigenvalue weighted by molar-refractivity contribution is -0.123. The van der Waals surface area contributed by atoms with Gasteiger partial charge in [-0.3, -0.25) is 4.79 Å². The third-order valence-corrected chi connectivity index (χ3v) is 3.71. The number of nitrogens with one attached hydrogen (secondary N) is 1. The minimum Gasteiger partial charge on any atom is -0.493 e. The Morgan fingerprint density at radius 2 is 1.66 bits per heavy atom. The number of methoxy groups -OCH3 is 1. The first-order valence-corrected chi connectivity index (χ1v) is 8.64. The van der Waals surface area contributed by atoms with Crippen LogP contribution in [0.15, 0.2) is 30.3 Å². The van der Waals surface area contributed by atoms with Crippen LogP contribution in [0.25, 0.3) is 0 Å². The molecule has 0 saturated heterocycles. The molecule has 6 nitrogen and oxygen atoms in total. The molecule has 2 rings (SSSR count). The number of anilines is 1. The lowest BCUT2D eigenvalue weighted by atomic mass is 10.2. The van der Waals surface area contributed by atoms with E-state index in [-0.39, 0.29) is 11.7 Å². The van der Waals surface area contributed by atoms with Gasteiger partial charge in [-0.15, -0.1) is 0 Å². The van der Waals surface area contributed by atoms with Gasteiger partial charge in [0, 0.05) is 0 Å². The average Bonchev–Trinajstić information content (AvgIpc) is 2.68. The molecule has 9 heteroatoms. The van der Waals surface area contributed by atoms with Crippen LogP contribution in [0.5, 0.6) is 11.5 Å². The van der Waals surface area contributed by atoms with E-state index >= 15 is 0 Å². The lowest BCUT2D eigenvalue weighted by Gasteiger charge is -2.16. The number of amides is 1. The summed E-state index contributed by atoms with van der Waals surface area (Å²) in [4.78, 5) is 24.4. The molecule has 0 aliphatic heterocycles. The van der Waals surface area contributed by atoms with Gasteiger partial charge >= 0.3 is 5.97 Å². The zero-order valence-corrected chi connectivity index (χ0v) is 16.2. The van der Waals surface area contributed by atoms with E-state index in [1.54, 1.807) is 0 Å². The molecule has 0 saturated carbocycles. The second-order valence-electron chi connectivity index (χ2n) is 6.29. The van der Waals surface area contributed by atoms with Crippen molar-refractivity contribution in [2.24, 2.45) is 0 Å². The van der Waals surface area contributed by atoms with Crippen LogP contribution in [0.3, 0.4) is 0 Å². The van der Waals surface area contributed by atoms with Crippen molar-refractivity contribution in [2.45, 2.75) is 33.0 Å². The van der Waals surface area contributed by atoms with E-state index in [0.717, 1.165) is 6.07 Å². The summed E-state index contributed by atoms with van der Waals surface area (Å²) in [6.45, 7) is 4.91. The van der Waals surface area contributed by atoms with Crippen molar-refractivity contribution in [1.29, 1.82) is 0 Å². The fourth-order valence-corrected chi connectivity index (χ4v) is 2.28. The maximum atomic E-state index is 13.7. The molecular weight excluding hydrogens is 391 g/mol. The normalized spacial score (nSPS) is 11.7. The molecule has 2 aromatic carbocycles. The Kier molecular flexibility index (Phi) is 7.08. The van der Waals surface area contributed by atoms with E-state index in [9.17, 15) is 22.8 Å². The number of hydrogen-bond donors (Lipinski definition) is 1. The van der Waals surface area contributed by atoms with E-state index in [1.807, 2.05) is 19.2 Å². The largest absolute Gasteiger partial charge is 0.493 e. The number of rotatable bonds is 7. The Bertz CT molecular complexity index is 917. The highest BCUT2D eigenvalue weighted by atomic mass is 19.2. The van der Waals surface area contributed by atoms with Gasteiger partial charge in [-0.2, -0.15) is 0 Å². The van der Waals surface area contributed by atoms with E-state index in [2.05, 4.69) is 0 Å². The van der Waals surface area contributed by atoms with Crippen molar-refractivity contribution in [3.8, 4) is 11.5 Å². The average molecular weight is 411 g/mol. The molecule has 0 aliphatic rings.